The van der Waals surface area contributed by atoms with Crippen LogP contribution in [0.2, 0.25) is 0 Å². The maximum absolute atomic E-state index is 11.8. The van der Waals surface area contributed by atoms with E-state index in [2.05, 4.69) is 0 Å². The van der Waals surface area contributed by atoms with Crippen LogP contribution in [0.3, 0.4) is 0 Å². The van der Waals surface area contributed by atoms with Crippen LogP contribution in [0.15, 0.2) is 24.3 Å². The quantitative estimate of drug-likeness (QED) is 0.751. The highest BCUT2D eigenvalue weighted by molar-refractivity contribution is 7.91. The Morgan fingerprint density at radius 3 is 2.33 bits per heavy atom. The summed E-state index contributed by atoms with van der Waals surface area (Å²) in [6.45, 7) is 5.48. The van der Waals surface area contributed by atoms with Gasteiger partial charge in [-0.05, 0) is 44.2 Å². The van der Waals surface area contributed by atoms with Crippen molar-refractivity contribution in [3.63, 3.8) is 0 Å². The summed E-state index contributed by atoms with van der Waals surface area (Å²) in [4.78, 5) is 0. The third kappa shape index (κ3) is 3.99. The summed E-state index contributed by atoms with van der Waals surface area (Å²) in [6, 6.07) is 8.02. The van der Waals surface area contributed by atoms with Crippen LogP contribution in [-0.4, -0.2) is 25.3 Å². The van der Waals surface area contributed by atoms with E-state index in [1.54, 1.807) is 13.8 Å². The minimum Gasteiger partial charge on any atom is -0.229 e. The van der Waals surface area contributed by atoms with Gasteiger partial charge in [0.05, 0.1) is 11.0 Å². The molecular formula is C14H21ClO2S. The molecule has 0 spiro atoms. The van der Waals surface area contributed by atoms with Gasteiger partial charge in [0, 0.05) is 5.88 Å². The summed E-state index contributed by atoms with van der Waals surface area (Å²) in [5.41, 5.74) is 2.33. The molecule has 4 heteroatoms. The van der Waals surface area contributed by atoms with E-state index in [1.165, 1.54) is 5.56 Å². The molecule has 0 radical (unpaired) electrons. The maximum Gasteiger partial charge on any atom is 0.152 e. The standard InChI is InChI=1S/C14H21ClO2S/c1-11(2)18(16,17)9-8-13(10-15)14-7-5-4-6-12(14)3/h4-7,11,13H,8-10H2,1-3H3. The fraction of sp³-hybridized carbons (Fsp3) is 0.571. The molecule has 0 saturated carbocycles. The second kappa shape index (κ2) is 6.58. The molecule has 0 aromatic heterocycles. The highest BCUT2D eigenvalue weighted by atomic mass is 35.5. The fourth-order valence-electron chi connectivity index (χ4n) is 1.90. The van der Waals surface area contributed by atoms with E-state index in [4.69, 9.17) is 11.6 Å². The second-order valence-electron chi connectivity index (χ2n) is 4.91. The minimum atomic E-state index is -2.98. The number of hydrogen-bond acceptors (Lipinski definition) is 2. The van der Waals surface area contributed by atoms with E-state index in [1.807, 2.05) is 31.2 Å². The van der Waals surface area contributed by atoms with E-state index >= 15 is 0 Å². The molecule has 1 aromatic carbocycles. The number of halogens is 1. The first-order valence-corrected chi connectivity index (χ1v) is 8.46. The fourth-order valence-corrected chi connectivity index (χ4v) is 3.31. The lowest BCUT2D eigenvalue weighted by Gasteiger charge is -2.17. The van der Waals surface area contributed by atoms with Gasteiger partial charge in [0.25, 0.3) is 0 Å². The second-order valence-corrected chi connectivity index (χ2v) is 7.90. The summed E-state index contributed by atoms with van der Waals surface area (Å²) < 4.78 is 23.6. The van der Waals surface area contributed by atoms with E-state index in [0.717, 1.165) is 5.56 Å². The van der Waals surface area contributed by atoms with Gasteiger partial charge < -0.3 is 0 Å². The van der Waals surface area contributed by atoms with Gasteiger partial charge in [-0.25, -0.2) is 8.42 Å². The third-order valence-electron chi connectivity index (χ3n) is 3.28. The molecule has 18 heavy (non-hydrogen) atoms. The van der Waals surface area contributed by atoms with E-state index in [0.29, 0.717) is 12.3 Å². The molecule has 102 valence electrons. The smallest absolute Gasteiger partial charge is 0.152 e. The van der Waals surface area contributed by atoms with Gasteiger partial charge in [0.15, 0.2) is 9.84 Å². The number of rotatable bonds is 6. The summed E-state index contributed by atoms with van der Waals surface area (Å²) in [5.74, 6) is 0.774. The van der Waals surface area contributed by atoms with Gasteiger partial charge in [-0.1, -0.05) is 24.3 Å². The molecule has 1 rings (SSSR count). The van der Waals surface area contributed by atoms with Crippen molar-refractivity contribution in [1.29, 1.82) is 0 Å². The van der Waals surface area contributed by atoms with Crippen LogP contribution >= 0.6 is 11.6 Å². The first-order chi connectivity index (χ1) is 8.38. The normalized spacial score (nSPS) is 13.8. The van der Waals surface area contributed by atoms with Gasteiger partial charge in [-0.15, -0.1) is 11.6 Å². The average molecular weight is 289 g/mol. The molecule has 1 aromatic rings. The molecule has 0 aliphatic rings. The molecule has 0 fully saturated rings. The minimum absolute atomic E-state index is 0.112. The lowest BCUT2D eigenvalue weighted by Crippen LogP contribution is -2.20. The number of benzene rings is 1. The molecule has 0 N–H and O–H groups in total. The zero-order valence-corrected chi connectivity index (χ0v) is 12.8. The Kier molecular flexibility index (Phi) is 5.67. The number of aryl methyl sites for hydroxylation is 1. The van der Waals surface area contributed by atoms with E-state index < -0.39 is 9.84 Å². The predicted molar refractivity (Wildman–Crippen MR) is 78.2 cm³/mol. The van der Waals surface area contributed by atoms with Crippen molar-refractivity contribution >= 4 is 21.4 Å². The zero-order valence-electron chi connectivity index (χ0n) is 11.2. The van der Waals surface area contributed by atoms with Crippen molar-refractivity contribution < 1.29 is 8.42 Å². The Morgan fingerprint density at radius 2 is 1.83 bits per heavy atom. The zero-order chi connectivity index (χ0) is 13.8. The van der Waals surface area contributed by atoms with Crippen LogP contribution in [0, 0.1) is 6.92 Å². The number of sulfone groups is 1. The Balaban J connectivity index is 2.79. The molecule has 0 bridgehead atoms. The highest BCUT2D eigenvalue weighted by Gasteiger charge is 2.20. The average Bonchev–Trinajstić information content (AvgIpc) is 2.31. The molecule has 0 amide bonds. The van der Waals surface area contributed by atoms with Gasteiger partial charge in [0.1, 0.15) is 0 Å². The van der Waals surface area contributed by atoms with E-state index in [9.17, 15) is 8.42 Å². The van der Waals surface area contributed by atoms with Crippen molar-refractivity contribution in [2.24, 2.45) is 0 Å². The molecule has 0 aliphatic heterocycles. The van der Waals surface area contributed by atoms with Crippen molar-refractivity contribution in [3.8, 4) is 0 Å². The first kappa shape index (κ1) is 15.5. The van der Waals surface area contributed by atoms with Crippen molar-refractivity contribution in [1.82, 2.24) is 0 Å². The Morgan fingerprint density at radius 1 is 1.22 bits per heavy atom. The molecule has 2 nitrogen and oxygen atoms in total. The number of alkyl halides is 1. The summed E-state index contributed by atoms with van der Waals surface area (Å²) >= 11 is 5.99. The summed E-state index contributed by atoms with van der Waals surface area (Å²) in [5, 5.41) is -0.314. The van der Waals surface area contributed by atoms with Crippen molar-refractivity contribution in [2.45, 2.75) is 38.4 Å². The molecule has 1 atom stereocenters. The molecular weight excluding hydrogens is 268 g/mol. The monoisotopic (exact) mass is 288 g/mol. The Hall–Kier alpha value is -0.540. The van der Waals surface area contributed by atoms with Gasteiger partial charge >= 0.3 is 0 Å². The molecule has 0 saturated heterocycles. The number of hydrogen-bond donors (Lipinski definition) is 0. The first-order valence-electron chi connectivity index (χ1n) is 6.21. The van der Waals surface area contributed by atoms with Gasteiger partial charge in [0.2, 0.25) is 0 Å². The lowest BCUT2D eigenvalue weighted by atomic mass is 9.94. The van der Waals surface area contributed by atoms with Crippen LogP contribution in [0.1, 0.15) is 37.3 Å². The highest BCUT2D eigenvalue weighted by Crippen LogP contribution is 2.25. The summed E-state index contributed by atoms with van der Waals surface area (Å²) in [6.07, 6.45) is 0.592. The molecule has 0 heterocycles. The summed E-state index contributed by atoms with van der Waals surface area (Å²) in [7, 11) is -2.98. The van der Waals surface area contributed by atoms with Crippen LogP contribution in [-0.2, 0) is 9.84 Å². The molecule has 1 unspecified atom stereocenters. The van der Waals surface area contributed by atoms with Crippen molar-refractivity contribution in [3.05, 3.63) is 35.4 Å². The van der Waals surface area contributed by atoms with Crippen LogP contribution in [0.5, 0.6) is 0 Å². The predicted octanol–water partition coefficient (Wildman–Crippen LogP) is 3.53. The van der Waals surface area contributed by atoms with Crippen LogP contribution in [0.25, 0.3) is 0 Å². The lowest BCUT2D eigenvalue weighted by molar-refractivity contribution is 0.580. The van der Waals surface area contributed by atoms with Crippen LogP contribution < -0.4 is 0 Å². The largest absolute Gasteiger partial charge is 0.229 e. The maximum atomic E-state index is 11.8. The topological polar surface area (TPSA) is 34.1 Å². The van der Waals surface area contributed by atoms with E-state index in [-0.39, 0.29) is 16.9 Å². The van der Waals surface area contributed by atoms with Gasteiger partial charge in [-0.3, -0.25) is 0 Å². The van der Waals surface area contributed by atoms with Crippen molar-refractivity contribution in [2.75, 3.05) is 11.6 Å². The third-order valence-corrected chi connectivity index (χ3v) is 5.90. The Labute approximate surface area is 115 Å². The SMILES string of the molecule is Cc1ccccc1C(CCl)CCS(=O)(=O)C(C)C. The van der Waals surface area contributed by atoms with Gasteiger partial charge in [-0.2, -0.15) is 0 Å². The Bertz CT molecular complexity index is 480. The van der Waals surface area contributed by atoms with Crippen LogP contribution in [0.4, 0.5) is 0 Å². The molecule has 0 aliphatic carbocycles.